The second kappa shape index (κ2) is 9.89. The smallest absolute Gasteiger partial charge is 0.224 e. The number of sulfone groups is 1. The molecule has 0 unspecified atom stereocenters. The molecule has 2 atom stereocenters. The Balaban J connectivity index is 0.00000261. The highest BCUT2D eigenvalue weighted by Crippen LogP contribution is 2.28. The summed E-state index contributed by atoms with van der Waals surface area (Å²) >= 11 is 0. The normalized spacial score (nSPS) is 23.6. The van der Waals surface area contributed by atoms with Crippen LogP contribution in [0.25, 0.3) is 0 Å². The first-order chi connectivity index (χ1) is 12.4. The molecule has 0 bridgehead atoms. The number of amides is 1. The van der Waals surface area contributed by atoms with Gasteiger partial charge in [0.2, 0.25) is 5.91 Å². The Kier molecular flexibility index (Phi) is 8.13. The van der Waals surface area contributed by atoms with E-state index in [1.807, 2.05) is 18.2 Å². The van der Waals surface area contributed by atoms with Gasteiger partial charge in [-0.3, -0.25) is 4.79 Å². The van der Waals surface area contributed by atoms with Crippen LogP contribution >= 0.6 is 12.4 Å². The quantitative estimate of drug-likeness (QED) is 0.740. The fraction of sp³-hybridized carbons (Fsp3) is 0.650. The van der Waals surface area contributed by atoms with Gasteiger partial charge in [-0.1, -0.05) is 37.8 Å². The minimum absolute atomic E-state index is 0. The van der Waals surface area contributed by atoms with Crippen LogP contribution in [-0.2, 0) is 20.4 Å². The molecule has 0 heterocycles. The second-order valence-electron chi connectivity index (χ2n) is 7.87. The number of anilines is 1. The molecular weight excluding hydrogens is 384 g/mol. The van der Waals surface area contributed by atoms with E-state index >= 15 is 0 Å². The number of nitrogens with one attached hydrogen (secondary N) is 1. The van der Waals surface area contributed by atoms with Crippen LogP contribution in [0.3, 0.4) is 0 Å². The summed E-state index contributed by atoms with van der Waals surface area (Å²) in [6, 6.07) is 7.34. The molecule has 1 aromatic carbocycles. The Morgan fingerprint density at radius 1 is 1.07 bits per heavy atom. The molecule has 0 aliphatic heterocycles. The zero-order chi connectivity index (χ0) is 18.6. The molecule has 2 aliphatic rings. The maximum atomic E-state index is 12.7. The van der Waals surface area contributed by atoms with Gasteiger partial charge in [0, 0.05) is 18.2 Å². The zero-order valence-corrected chi connectivity index (χ0v) is 17.4. The van der Waals surface area contributed by atoms with E-state index in [-0.39, 0.29) is 41.3 Å². The van der Waals surface area contributed by atoms with E-state index in [0.717, 1.165) is 56.9 Å². The molecular formula is C20H31ClN2O3S. The highest BCUT2D eigenvalue weighted by molar-refractivity contribution is 7.91. The standard InChI is InChI=1S/C20H30N2O3S.ClH/c21-19-11-5-7-16(19)13-20(23)22-17-8-4-6-15(12-17)14-26(24,25)18-9-2-1-3-10-18;/h4,6,8,12,16,18-19H,1-3,5,7,9-11,13-14,21H2,(H,22,23);1H/t16-,19+;/m0./s1. The van der Waals surface area contributed by atoms with Gasteiger partial charge in [0.25, 0.3) is 0 Å². The van der Waals surface area contributed by atoms with Crippen LogP contribution in [0.2, 0.25) is 0 Å². The molecule has 2 aliphatic carbocycles. The minimum atomic E-state index is -3.14. The van der Waals surface area contributed by atoms with E-state index in [1.54, 1.807) is 6.07 Å². The van der Waals surface area contributed by atoms with Crippen molar-refractivity contribution in [2.24, 2.45) is 11.7 Å². The van der Waals surface area contributed by atoms with Gasteiger partial charge >= 0.3 is 0 Å². The molecule has 1 aromatic rings. The third kappa shape index (κ3) is 6.19. The average Bonchev–Trinajstić information content (AvgIpc) is 3.00. The second-order valence-corrected chi connectivity index (χ2v) is 10.2. The van der Waals surface area contributed by atoms with Gasteiger partial charge in [0.1, 0.15) is 0 Å². The summed E-state index contributed by atoms with van der Waals surface area (Å²) in [5.74, 6) is 0.263. The van der Waals surface area contributed by atoms with Crippen molar-refractivity contribution in [3.63, 3.8) is 0 Å². The van der Waals surface area contributed by atoms with Crippen LogP contribution in [0.5, 0.6) is 0 Å². The van der Waals surface area contributed by atoms with Crippen LogP contribution in [0, 0.1) is 5.92 Å². The summed E-state index contributed by atoms with van der Waals surface area (Å²) in [7, 11) is -3.14. The molecule has 7 heteroatoms. The van der Waals surface area contributed by atoms with Crippen molar-refractivity contribution in [1.29, 1.82) is 0 Å². The number of carbonyl (C=O) groups excluding carboxylic acids is 1. The van der Waals surface area contributed by atoms with Crippen molar-refractivity contribution in [2.75, 3.05) is 5.32 Å². The molecule has 0 radical (unpaired) electrons. The lowest BCUT2D eigenvalue weighted by Crippen LogP contribution is -2.28. The van der Waals surface area contributed by atoms with Crippen molar-refractivity contribution >= 4 is 33.8 Å². The molecule has 3 N–H and O–H groups in total. The molecule has 2 fully saturated rings. The number of hydrogen-bond donors (Lipinski definition) is 2. The monoisotopic (exact) mass is 414 g/mol. The van der Waals surface area contributed by atoms with E-state index in [2.05, 4.69) is 5.32 Å². The first kappa shape index (κ1) is 22.2. The molecule has 2 saturated carbocycles. The zero-order valence-electron chi connectivity index (χ0n) is 15.7. The Morgan fingerprint density at radius 2 is 1.81 bits per heavy atom. The van der Waals surface area contributed by atoms with Crippen LogP contribution < -0.4 is 11.1 Å². The first-order valence-electron chi connectivity index (χ1n) is 9.80. The highest BCUT2D eigenvalue weighted by Gasteiger charge is 2.28. The Labute approximate surface area is 168 Å². The van der Waals surface area contributed by atoms with Crippen molar-refractivity contribution in [1.82, 2.24) is 0 Å². The van der Waals surface area contributed by atoms with E-state index in [1.165, 1.54) is 0 Å². The Bertz CT molecular complexity index is 732. The Hall–Kier alpha value is -1.11. The van der Waals surface area contributed by atoms with Gasteiger partial charge in [-0.25, -0.2) is 8.42 Å². The number of hydrogen-bond acceptors (Lipinski definition) is 4. The summed E-state index contributed by atoms with van der Waals surface area (Å²) in [6.07, 6.45) is 8.23. The van der Waals surface area contributed by atoms with Gasteiger partial charge in [-0.15, -0.1) is 12.4 Å². The van der Waals surface area contributed by atoms with Crippen molar-refractivity contribution in [3.8, 4) is 0 Å². The number of halogens is 1. The summed E-state index contributed by atoms with van der Waals surface area (Å²) in [4.78, 5) is 12.3. The predicted octanol–water partition coefficient (Wildman–Crippen LogP) is 3.81. The summed E-state index contributed by atoms with van der Waals surface area (Å²) in [5, 5.41) is 2.70. The Morgan fingerprint density at radius 3 is 2.48 bits per heavy atom. The molecule has 0 aromatic heterocycles. The fourth-order valence-corrected chi connectivity index (χ4v) is 6.21. The van der Waals surface area contributed by atoms with Crippen molar-refractivity contribution in [2.45, 2.75) is 74.8 Å². The highest BCUT2D eigenvalue weighted by atomic mass is 35.5. The first-order valence-corrected chi connectivity index (χ1v) is 11.5. The SMILES string of the molecule is Cl.N[C@@H]1CCC[C@H]1CC(=O)Nc1cccc(CS(=O)(=O)C2CCCCC2)c1. The molecule has 3 rings (SSSR count). The summed E-state index contributed by atoms with van der Waals surface area (Å²) in [6.45, 7) is 0. The number of carbonyl (C=O) groups is 1. The van der Waals surface area contributed by atoms with E-state index in [0.29, 0.717) is 12.1 Å². The summed E-state index contributed by atoms with van der Waals surface area (Å²) < 4.78 is 25.3. The van der Waals surface area contributed by atoms with Crippen molar-refractivity contribution in [3.05, 3.63) is 29.8 Å². The lowest BCUT2D eigenvalue weighted by Gasteiger charge is -2.21. The van der Waals surface area contributed by atoms with Gasteiger partial charge in [-0.2, -0.15) is 0 Å². The van der Waals surface area contributed by atoms with Gasteiger partial charge in [-0.05, 0) is 49.3 Å². The van der Waals surface area contributed by atoms with Crippen LogP contribution in [-0.4, -0.2) is 25.6 Å². The summed E-state index contributed by atoms with van der Waals surface area (Å²) in [5.41, 5.74) is 7.44. The molecule has 0 spiro atoms. The number of nitrogens with two attached hydrogens (primary N) is 1. The third-order valence-electron chi connectivity index (χ3n) is 5.80. The largest absolute Gasteiger partial charge is 0.327 e. The average molecular weight is 415 g/mol. The molecule has 0 saturated heterocycles. The van der Waals surface area contributed by atoms with Crippen LogP contribution in [0.4, 0.5) is 5.69 Å². The van der Waals surface area contributed by atoms with Gasteiger partial charge in [0.15, 0.2) is 9.84 Å². The maximum Gasteiger partial charge on any atom is 0.224 e. The van der Waals surface area contributed by atoms with E-state index in [9.17, 15) is 13.2 Å². The topological polar surface area (TPSA) is 89.3 Å². The fourth-order valence-electron chi connectivity index (χ4n) is 4.28. The molecule has 152 valence electrons. The van der Waals surface area contributed by atoms with E-state index in [4.69, 9.17) is 5.73 Å². The predicted molar refractivity (Wildman–Crippen MR) is 112 cm³/mol. The van der Waals surface area contributed by atoms with Crippen molar-refractivity contribution < 1.29 is 13.2 Å². The third-order valence-corrected chi connectivity index (χ3v) is 8.03. The molecule has 5 nitrogen and oxygen atoms in total. The molecule has 1 amide bonds. The number of rotatable bonds is 6. The van der Waals surface area contributed by atoms with Gasteiger partial charge < -0.3 is 11.1 Å². The lowest BCUT2D eigenvalue weighted by molar-refractivity contribution is -0.117. The van der Waals surface area contributed by atoms with Gasteiger partial charge in [0.05, 0.1) is 11.0 Å². The lowest BCUT2D eigenvalue weighted by atomic mass is 10.00. The van der Waals surface area contributed by atoms with Crippen LogP contribution in [0.15, 0.2) is 24.3 Å². The van der Waals surface area contributed by atoms with E-state index < -0.39 is 9.84 Å². The minimum Gasteiger partial charge on any atom is -0.327 e. The molecule has 27 heavy (non-hydrogen) atoms. The number of benzene rings is 1. The maximum absolute atomic E-state index is 12.7. The van der Waals surface area contributed by atoms with Crippen LogP contribution in [0.1, 0.15) is 63.4 Å².